The Morgan fingerprint density at radius 3 is 2.71 bits per heavy atom. The topological polar surface area (TPSA) is 55.1 Å². The van der Waals surface area contributed by atoms with Crippen molar-refractivity contribution >= 4 is 11.6 Å². The SMILES string of the molecule is CCC(C)(C)n1ncc(O)c(Cl)c1=O. The summed E-state index contributed by atoms with van der Waals surface area (Å²) >= 11 is 5.62. The van der Waals surface area contributed by atoms with Gasteiger partial charge in [-0.2, -0.15) is 5.10 Å². The minimum absolute atomic E-state index is 0.179. The van der Waals surface area contributed by atoms with E-state index >= 15 is 0 Å². The van der Waals surface area contributed by atoms with Crippen LogP contribution in [0.4, 0.5) is 0 Å². The fraction of sp³-hybridized carbons (Fsp3) is 0.556. The average Bonchev–Trinajstić information content (AvgIpc) is 2.14. The van der Waals surface area contributed by atoms with Gasteiger partial charge in [-0.1, -0.05) is 18.5 Å². The molecule has 0 unspecified atom stereocenters. The highest BCUT2D eigenvalue weighted by molar-refractivity contribution is 6.31. The summed E-state index contributed by atoms with van der Waals surface area (Å²) in [6, 6.07) is 0. The molecule has 1 rings (SSSR count). The van der Waals surface area contributed by atoms with Gasteiger partial charge in [0.05, 0.1) is 11.7 Å². The Morgan fingerprint density at radius 1 is 1.64 bits per heavy atom. The first-order valence-corrected chi connectivity index (χ1v) is 4.75. The molecule has 0 aliphatic heterocycles. The van der Waals surface area contributed by atoms with Crippen LogP contribution >= 0.6 is 11.6 Å². The third kappa shape index (κ3) is 1.75. The Balaban J connectivity index is 3.39. The molecule has 0 atom stereocenters. The molecule has 0 bridgehead atoms. The van der Waals surface area contributed by atoms with E-state index in [4.69, 9.17) is 16.7 Å². The van der Waals surface area contributed by atoms with Crippen molar-refractivity contribution in [1.29, 1.82) is 0 Å². The number of halogens is 1. The maximum absolute atomic E-state index is 11.6. The smallest absolute Gasteiger partial charge is 0.289 e. The van der Waals surface area contributed by atoms with Gasteiger partial charge in [-0.05, 0) is 20.3 Å². The highest BCUT2D eigenvalue weighted by Gasteiger charge is 2.22. The fourth-order valence-corrected chi connectivity index (χ4v) is 1.13. The van der Waals surface area contributed by atoms with Crippen molar-refractivity contribution in [2.75, 3.05) is 0 Å². The quantitative estimate of drug-likeness (QED) is 0.820. The molecule has 0 amide bonds. The van der Waals surface area contributed by atoms with E-state index in [-0.39, 0.29) is 10.8 Å². The first kappa shape index (κ1) is 11.0. The molecule has 0 aromatic carbocycles. The summed E-state index contributed by atoms with van der Waals surface area (Å²) < 4.78 is 1.29. The summed E-state index contributed by atoms with van der Waals surface area (Å²) in [5.74, 6) is -0.278. The zero-order chi connectivity index (χ0) is 10.9. The van der Waals surface area contributed by atoms with Gasteiger partial charge in [-0.3, -0.25) is 4.79 Å². The second kappa shape index (κ2) is 3.61. The molecule has 0 radical (unpaired) electrons. The van der Waals surface area contributed by atoms with Crippen LogP contribution in [0.3, 0.4) is 0 Å². The predicted molar refractivity (Wildman–Crippen MR) is 54.8 cm³/mol. The molecule has 1 aromatic heterocycles. The lowest BCUT2D eigenvalue weighted by atomic mass is 10.0. The molecule has 4 nitrogen and oxygen atoms in total. The van der Waals surface area contributed by atoms with E-state index in [0.29, 0.717) is 0 Å². The van der Waals surface area contributed by atoms with E-state index in [1.807, 2.05) is 20.8 Å². The summed E-state index contributed by atoms with van der Waals surface area (Å²) in [6.45, 7) is 5.72. The van der Waals surface area contributed by atoms with E-state index in [1.165, 1.54) is 10.9 Å². The van der Waals surface area contributed by atoms with Crippen LogP contribution in [0.1, 0.15) is 27.2 Å². The molecule has 14 heavy (non-hydrogen) atoms. The molecule has 0 aliphatic carbocycles. The normalized spacial score (nSPS) is 11.7. The van der Waals surface area contributed by atoms with Gasteiger partial charge in [0, 0.05) is 0 Å². The van der Waals surface area contributed by atoms with Crippen LogP contribution in [0.5, 0.6) is 5.75 Å². The third-order valence-corrected chi connectivity index (χ3v) is 2.69. The lowest BCUT2D eigenvalue weighted by molar-refractivity contribution is 0.290. The Bertz CT molecular complexity index is 398. The van der Waals surface area contributed by atoms with E-state index in [0.717, 1.165) is 6.42 Å². The summed E-state index contributed by atoms with van der Waals surface area (Å²) in [5.41, 5.74) is -0.854. The van der Waals surface area contributed by atoms with E-state index in [9.17, 15) is 4.79 Å². The molecular formula is C9H13ClN2O2. The van der Waals surface area contributed by atoms with E-state index in [1.54, 1.807) is 0 Å². The number of aromatic hydroxyl groups is 1. The molecule has 1 heterocycles. The summed E-state index contributed by atoms with van der Waals surface area (Å²) in [4.78, 5) is 11.6. The van der Waals surface area contributed by atoms with Crippen molar-refractivity contribution in [1.82, 2.24) is 9.78 Å². The van der Waals surface area contributed by atoms with Gasteiger partial charge >= 0.3 is 0 Å². The van der Waals surface area contributed by atoms with Gasteiger partial charge in [-0.15, -0.1) is 0 Å². The first-order chi connectivity index (χ1) is 6.40. The van der Waals surface area contributed by atoms with Crippen molar-refractivity contribution in [2.24, 2.45) is 0 Å². The molecule has 5 heteroatoms. The summed E-state index contributed by atoms with van der Waals surface area (Å²) in [7, 11) is 0. The highest BCUT2D eigenvalue weighted by Crippen LogP contribution is 2.20. The second-order valence-electron chi connectivity index (χ2n) is 3.73. The molecule has 0 aliphatic rings. The van der Waals surface area contributed by atoms with Crippen LogP contribution < -0.4 is 5.56 Å². The van der Waals surface area contributed by atoms with Crippen LogP contribution in [0.25, 0.3) is 0 Å². The maximum Gasteiger partial charge on any atom is 0.289 e. The number of aromatic nitrogens is 2. The summed E-state index contributed by atoms with van der Waals surface area (Å²) in [6.07, 6.45) is 1.93. The summed E-state index contributed by atoms with van der Waals surface area (Å²) in [5, 5.41) is 12.8. The third-order valence-electron chi connectivity index (χ3n) is 2.34. The molecule has 1 aromatic rings. The number of nitrogens with zero attached hydrogens (tertiary/aromatic N) is 2. The van der Waals surface area contributed by atoms with Gasteiger partial charge in [0.15, 0.2) is 10.8 Å². The first-order valence-electron chi connectivity index (χ1n) is 4.37. The maximum atomic E-state index is 11.6. The Hall–Kier alpha value is -1.03. The van der Waals surface area contributed by atoms with Crippen LogP contribution in [0, 0.1) is 0 Å². The zero-order valence-corrected chi connectivity index (χ0v) is 9.17. The monoisotopic (exact) mass is 216 g/mol. The standard InChI is InChI=1S/C9H13ClN2O2/c1-4-9(2,3)12-8(14)7(10)6(13)5-11-12/h5,13H,4H2,1-3H3. The van der Waals surface area contributed by atoms with Crippen LogP contribution in [0.15, 0.2) is 11.0 Å². The van der Waals surface area contributed by atoms with Crippen molar-refractivity contribution in [3.05, 3.63) is 21.6 Å². The molecule has 78 valence electrons. The molecule has 0 saturated carbocycles. The second-order valence-corrected chi connectivity index (χ2v) is 4.10. The average molecular weight is 217 g/mol. The van der Waals surface area contributed by atoms with Crippen molar-refractivity contribution in [3.8, 4) is 5.75 Å². The van der Waals surface area contributed by atoms with E-state index in [2.05, 4.69) is 5.10 Å². The van der Waals surface area contributed by atoms with Gasteiger partial charge in [-0.25, -0.2) is 4.68 Å². The number of hydrogen-bond donors (Lipinski definition) is 1. The minimum Gasteiger partial charge on any atom is -0.505 e. The molecule has 1 N–H and O–H groups in total. The van der Waals surface area contributed by atoms with Crippen LogP contribution in [-0.4, -0.2) is 14.9 Å². The van der Waals surface area contributed by atoms with E-state index < -0.39 is 11.1 Å². The van der Waals surface area contributed by atoms with Crippen molar-refractivity contribution in [2.45, 2.75) is 32.7 Å². The Morgan fingerprint density at radius 2 is 2.21 bits per heavy atom. The Kier molecular flexibility index (Phi) is 2.85. The van der Waals surface area contributed by atoms with Crippen LogP contribution in [0.2, 0.25) is 5.02 Å². The van der Waals surface area contributed by atoms with Crippen molar-refractivity contribution in [3.63, 3.8) is 0 Å². The van der Waals surface area contributed by atoms with Crippen LogP contribution in [-0.2, 0) is 5.54 Å². The molecule has 0 spiro atoms. The number of rotatable bonds is 2. The highest BCUT2D eigenvalue weighted by atomic mass is 35.5. The predicted octanol–water partition coefficient (Wildman–Crippen LogP) is 1.75. The fourth-order valence-electron chi connectivity index (χ4n) is 1.01. The van der Waals surface area contributed by atoms with Gasteiger partial charge < -0.3 is 5.11 Å². The molecule has 0 saturated heterocycles. The lowest BCUT2D eigenvalue weighted by Crippen LogP contribution is -2.37. The largest absolute Gasteiger partial charge is 0.505 e. The Labute approximate surface area is 87.1 Å². The number of hydrogen-bond acceptors (Lipinski definition) is 3. The molecule has 0 fully saturated rings. The van der Waals surface area contributed by atoms with Gasteiger partial charge in [0.1, 0.15) is 0 Å². The molecular weight excluding hydrogens is 204 g/mol. The van der Waals surface area contributed by atoms with Crippen molar-refractivity contribution < 1.29 is 5.11 Å². The lowest BCUT2D eigenvalue weighted by Gasteiger charge is -2.24. The van der Waals surface area contributed by atoms with Gasteiger partial charge in [0.2, 0.25) is 0 Å². The zero-order valence-electron chi connectivity index (χ0n) is 8.41. The minimum atomic E-state index is -0.460. The van der Waals surface area contributed by atoms with Gasteiger partial charge in [0.25, 0.3) is 5.56 Å².